The van der Waals surface area contributed by atoms with Gasteiger partial charge in [0.1, 0.15) is 11.6 Å². The SMILES string of the molecule is CCCNc1nc(C(C)C)nc(Cc2ccccn2)c1C. The molecule has 0 spiro atoms. The monoisotopic (exact) mass is 284 g/mol. The summed E-state index contributed by atoms with van der Waals surface area (Å²) in [7, 11) is 0. The van der Waals surface area contributed by atoms with Crippen LogP contribution in [0.3, 0.4) is 0 Å². The fourth-order valence-electron chi connectivity index (χ4n) is 2.10. The normalized spacial score (nSPS) is 10.9. The minimum Gasteiger partial charge on any atom is -0.370 e. The second kappa shape index (κ2) is 7.16. The lowest BCUT2D eigenvalue weighted by atomic mass is 10.1. The number of rotatable bonds is 6. The molecule has 0 aromatic carbocycles. The largest absolute Gasteiger partial charge is 0.370 e. The molecule has 0 unspecified atom stereocenters. The number of pyridine rings is 1. The molecule has 0 saturated heterocycles. The summed E-state index contributed by atoms with van der Waals surface area (Å²) in [4.78, 5) is 13.8. The van der Waals surface area contributed by atoms with Gasteiger partial charge >= 0.3 is 0 Å². The van der Waals surface area contributed by atoms with Crippen molar-refractivity contribution in [3.63, 3.8) is 0 Å². The van der Waals surface area contributed by atoms with Gasteiger partial charge in [0.25, 0.3) is 0 Å². The van der Waals surface area contributed by atoms with Crippen molar-refractivity contribution in [1.82, 2.24) is 15.0 Å². The fourth-order valence-corrected chi connectivity index (χ4v) is 2.10. The van der Waals surface area contributed by atoms with Crippen LogP contribution in [0.2, 0.25) is 0 Å². The van der Waals surface area contributed by atoms with Crippen LogP contribution in [0.15, 0.2) is 24.4 Å². The van der Waals surface area contributed by atoms with Gasteiger partial charge in [-0.15, -0.1) is 0 Å². The van der Waals surface area contributed by atoms with Crippen LogP contribution in [0.5, 0.6) is 0 Å². The molecular formula is C17H24N4. The maximum atomic E-state index is 4.74. The van der Waals surface area contributed by atoms with Gasteiger partial charge in [0.15, 0.2) is 0 Å². The molecule has 0 aliphatic heterocycles. The molecule has 2 aromatic rings. The van der Waals surface area contributed by atoms with Crippen LogP contribution in [-0.2, 0) is 6.42 Å². The van der Waals surface area contributed by atoms with Crippen molar-refractivity contribution in [3.8, 4) is 0 Å². The van der Waals surface area contributed by atoms with E-state index >= 15 is 0 Å². The summed E-state index contributed by atoms with van der Waals surface area (Å²) in [5.74, 6) is 2.17. The van der Waals surface area contributed by atoms with Crippen LogP contribution in [0, 0.1) is 6.92 Å². The van der Waals surface area contributed by atoms with Gasteiger partial charge in [-0.25, -0.2) is 9.97 Å². The van der Waals surface area contributed by atoms with Gasteiger partial charge in [0, 0.05) is 36.3 Å². The number of anilines is 1. The molecule has 2 heterocycles. The third-order valence-corrected chi connectivity index (χ3v) is 3.40. The quantitative estimate of drug-likeness (QED) is 0.878. The third-order valence-electron chi connectivity index (χ3n) is 3.40. The number of aromatic nitrogens is 3. The van der Waals surface area contributed by atoms with E-state index in [-0.39, 0.29) is 0 Å². The Bertz CT molecular complexity index is 579. The first-order chi connectivity index (χ1) is 10.1. The average Bonchev–Trinajstić information content (AvgIpc) is 2.49. The molecule has 0 atom stereocenters. The van der Waals surface area contributed by atoms with E-state index in [2.05, 4.69) is 43.0 Å². The lowest BCUT2D eigenvalue weighted by molar-refractivity contribution is 0.754. The van der Waals surface area contributed by atoms with Gasteiger partial charge in [0.2, 0.25) is 0 Å². The predicted octanol–water partition coefficient (Wildman–Crippen LogP) is 3.72. The van der Waals surface area contributed by atoms with E-state index in [1.165, 1.54) is 0 Å². The molecule has 0 fully saturated rings. The van der Waals surface area contributed by atoms with Crippen LogP contribution in [0.4, 0.5) is 5.82 Å². The van der Waals surface area contributed by atoms with Crippen LogP contribution >= 0.6 is 0 Å². The van der Waals surface area contributed by atoms with E-state index in [4.69, 9.17) is 4.98 Å². The highest BCUT2D eigenvalue weighted by atomic mass is 15.0. The molecule has 4 heteroatoms. The van der Waals surface area contributed by atoms with Crippen LogP contribution in [0.25, 0.3) is 0 Å². The van der Waals surface area contributed by atoms with Gasteiger partial charge in [-0.05, 0) is 25.5 Å². The zero-order valence-electron chi connectivity index (χ0n) is 13.3. The first-order valence-corrected chi connectivity index (χ1v) is 7.63. The minimum atomic E-state index is 0.315. The van der Waals surface area contributed by atoms with Crippen molar-refractivity contribution < 1.29 is 0 Å². The molecule has 21 heavy (non-hydrogen) atoms. The minimum absolute atomic E-state index is 0.315. The van der Waals surface area contributed by atoms with Gasteiger partial charge in [-0.3, -0.25) is 4.98 Å². The highest BCUT2D eigenvalue weighted by Gasteiger charge is 2.13. The molecular weight excluding hydrogens is 260 g/mol. The first kappa shape index (κ1) is 15.4. The Balaban J connectivity index is 2.36. The van der Waals surface area contributed by atoms with Crippen molar-refractivity contribution in [2.24, 2.45) is 0 Å². The molecule has 0 radical (unpaired) electrons. The Hall–Kier alpha value is -1.97. The van der Waals surface area contributed by atoms with E-state index in [1.54, 1.807) is 0 Å². The maximum absolute atomic E-state index is 4.74. The zero-order chi connectivity index (χ0) is 15.2. The first-order valence-electron chi connectivity index (χ1n) is 7.63. The fraction of sp³-hybridized carbons (Fsp3) is 0.471. The summed E-state index contributed by atoms with van der Waals surface area (Å²) < 4.78 is 0. The molecule has 0 bridgehead atoms. The van der Waals surface area contributed by atoms with Crippen molar-refractivity contribution in [2.75, 3.05) is 11.9 Å². The molecule has 0 aliphatic rings. The lowest BCUT2D eigenvalue weighted by Gasteiger charge is -2.15. The lowest BCUT2D eigenvalue weighted by Crippen LogP contribution is -2.12. The molecule has 1 N–H and O–H groups in total. The number of hydrogen-bond acceptors (Lipinski definition) is 4. The molecule has 0 amide bonds. The topological polar surface area (TPSA) is 50.7 Å². The van der Waals surface area contributed by atoms with Gasteiger partial charge in [-0.1, -0.05) is 26.8 Å². The number of nitrogens with one attached hydrogen (secondary N) is 1. The summed E-state index contributed by atoms with van der Waals surface area (Å²) in [6.45, 7) is 9.41. The maximum Gasteiger partial charge on any atom is 0.133 e. The van der Waals surface area contributed by atoms with Crippen LogP contribution in [-0.4, -0.2) is 21.5 Å². The van der Waals surface area contributed by atoms with Gasteiger partial charge in [-0.2, -0.15) is 0 Å². The summed E-state index contributed by atoms with van der Waals surface area (Å²) >= 11 is 0. The molecule has 2 aromatic heterocycles. The van der Waals surface area contributed by atoms with E-state index in [1.807, 2.05) is 24.4 Å². The van der Waals surface area contributed by atoms with Crippen molar-refractivity contribution in [1.29, 1.82) is 0 Å². The van der Waals surface area contributed by atoms with Crippen molar-refractivity contribution in [2.45, 2.75) is 46.5 Å². The third kappa shape index (κ3) is 4.00. The second-order valence-corrected chi connectivity index (χ2v) is 5.58. The molecule has 4 nitrogen and oxygen atoms in total. The number of hydrogen-bond donors (Lipinski definition) is 1. The Labute approximate surface area is 127 Å². The molecule has 112 valence electrons. The highest BCUT2D eigenvalue weighted by Crippen LogP contribution is 2.21. The summed E-state index contributed by atoms with van der Waals surface area (Å²) in [5, 5.41) is 3.41. The predicted molar refractivity (Wildman–Crippen MR) is 86.7 cm³/mol. The van der Waals surface area contributed by atoms with Crippen LogP contribution in [0.1, 0.15) is 55.9 Å². The van der Waals surface area contributed by atoms with E-state index in [9.17, 15) is 0 Å². The van der Waals surface area contributed by atoms with Crippen molar-refractivity contribution in [3.05, 3.63) is 47.2 Å². The summed E-state index contributed by atoms with van der Waals surface area (Å²) in [5.41, 5.74) is 3.22. The van der Waals surface area contributed by atoms with E-state index < -0.39 is 0 Å². The average molecular weight is 284 g/mol. The summed E-state index contributed by atoms with van der Waals surface area (Å²) in [6.07, 6.45) is 3.65. The Morgan fingerprint density at radius 3 is 2.62 bits per heavy atom. The molecule has 0 saturated carbocycles. The van der Waals surface area contributed by atoms with Crippen molar-refractivity contribution >= 4 is 5.82 Å². The zero-order valence-corrected chi connectivity index (χ0v) is 13.3. The van der Waals surface area contributed by atoms with Gasteiger partial charge < -0.3 is 5.32 Å². The Morgan fingerprint density at radius 2 is 2.00 bits per heavy atom. The number of nitrogens with zero attached hydrogens (tertiary/aromatic N) is 3. The molecule has 2 rings (SSSR count). The van der Waals surface area contributed by atoms with Gasteiger partial charge in [0.05, 0.1) is 5.69 Å². The summed E-state index contributed by atoms with van der Waals surface area (Å²) in [6, 6.07) is 5.98. The standard InChI is InChI=1S/C17H24N4/c1-5-9-19-17-13(4)15(20-16(21-17)12(2)3)11-14-8-6-7-10-18-14/h6-8,10,12H,5,9,11H2,1-4H3,(H,19,20,21). The Kier molecular flexibility index (Phi) is 5.26. The highest BCUT2D eigenvalue weighted by molar-refractivity contribution is 5.47. The smallest absolute Gasteiger partial charge is 0.133 e. The van der Waals surface area contributed by atoms with E-state index in [0.29, 0.717) is 5.92 Å². The Morgan fingerprint density at radius 1 is 1.19 bits per heavy atom. The van der Waals surface area contributed by atoms with E-state index in [0.717, 1.165) is 48.0 Å². The second-order valence-electron chi connectivity index (χ2n) is 5.58. The molecule has 0 aliphatic carbocycles. The van der Waals surface area contributed by atoms with Crippen LogP contribution < -0.4 is 5.32 Å².